The summed E-state index contributed by atoms with van der Waals surface area (Å²) in [6, 6.07) is 6.25. The maximum atomic E-state index is 12.6. The summed E-state index contributed by atoms with van der Waals surface area (Å²) in [5.74, 6) is -2.06. The summed E-state index contributed by atoms with van der Waals surface area (Å²) in [6.45, 7) is 3.99. The van der Waals surface area contributed by atoms with E-state index in [1.54, 1.807) is 12.1 Å². The molecule has 0 unspecified atom stereocenters. The van der Waals surface area contributed by atoms with E-state index in [0.717, 1.165) is 18.4 Å². The van der Waals surface area contributed by atoms with E-state index in [0.29, 0.717) is 12.3 Å². The molecule has 9 nitrogen and oxygen atoms in total. The highest BCUT2D eigenvalue weighted by Crippen LogP contribution is 2.31. The molecule has 0 saturated heterocycles. The molecular weight excluding hydrogens is 458 g/mol. The van der Waals surface area contributed by atoms with Crippen LogP contribution in [0.15, 0.2) is 33.7 Å². The van der Waals surface area contributed by atoms with Crippen molar-refractivity contribution in [1.82, 2.24) is 14.9 Å². The van der Waals surface area contributed by atoms with E-state index in [1.807, 2.05) is 18.6 Å². The molecule has 1 amide bonds. The van der Waals surface area contributed by atoms with Gasteiger partial charge in [-0.05, 0) is 36.0 Å². The third kappa shape index (κ3) is 7.12. The number of carboxylic acid groups (broad SMARTS) is 1. The molecule has 1 saturated carbocycles. The molecule has 0 bridgehead atoms. The average Bonchev–Trinajstić information content (AvgIpc) is 3.29. The number of carboxylic acids is 1. The fraction of sp³-hybridized carbons (Fsp3) is 0.583. The van der Waals surface area contributed by atoms with Crippen molar-refractivity contribution in [2.24, 2.45) is 5.92 Å². The van der Waals surface area contributed by atoms with Gasteiger partial charge in [0.1, 0.15) is 0 Å². The van der Waals surface area contributed by atoms with Crippen molar-refractivity contribution in [3.8, 4) is 0 Å². The minimum Gasteiger partial charge on any atom is -0.481 e. The van der Waals surface area contributed by atoms with Crippen LogP contribution in [0, 0.1) is 5.92 Å². The van der Waals surface area contributed by atoms with Crippen molar-refractivity contribution in [2.75, 3.05) is 0 Å². The maximum Gasteiger partial charge on any atom is 0.306 e. The molecule has 1 aliphatic carbocycles. The van der Waals surface area contributed by atoms with Crippen molar-refractivity contribution in [1.29, 1.82) is 0 Å². The number of rotatable bonds is 11. The van der Waals surface area contributed by atoms with Gasteiger partial charge < -0.3 is 9.63 Å². The molecule has 0 spiro atoms. The van der Waals surface area contributed by atoms with E-state index in [4.69, 9.17) is 4.52 Å². The molecule has 2 N–H and O–H groups in total. The molecule has 2 aromatic rings. The van der Waals surface area contributed by atoms with E-state index >= 15 is 0 Å². The van der Waals surface area contributed by atoms with Crippen molar-refractivity contribution >= 4 is 21.9 Å². The zero-order valence-corrected chi connectivity index (χ0v) is 20.5. The van der Waals surface area contributed by atoms with Crippen LogP contribution >= 0.6 is 0 Å². The van der Waals surface area contributed by atoms with Gasteiger partial charge in [-0.15, -0.1) is 0 Å². The SMILES string of the molecule is CC(C)c1ccc(S(=O)(=O)NC(=O)c2noc([C@H](CCCC3CCCCC3)CC(=O)O)n2)cc1. The molecular formula is C24H33N3O6S. The molecule has 10 heteroatoms. The van der Waals surface area contributed by atoms with Crippen LogP contribution in [0.3, 0.4) is 0 Å². The number of amides is 1. The van der Waals surface area contributed by atoms with Gasteiger partial charge in [-0.25, -0.2) is 13.1 Å². The van der Waals surface area contributed by atoms with Gasteiger partial charge in [0.2, 0.25) is 5.89 Å². The van der Waals surface area contributed by atoms with Crippen LogP contribution in [0.4, 0.5) is 0 Å². The van der Waals surface area contributed by atoms with Crippen LogP contribution in [-0.2, 0) is 14.8 Å². The summed E-state index contributed by atoms with van der Waals surface area (Å²) in [6.07, 6.45) is 8.39. The van der Waals surface area contributed by atoms with Crippen LogP contribution < -0.4 is 4.72 Å². The summed E-state index contributed by atoms with van der Waals surface area (Å²) < 4.78 is 32.3. The van der Waals surface area contributed by atoms with Gasteiger partial charge in [-0.2, -0.15) is 4.98 Å². The fourth-order valence-corrected chi connectivity index (χ4v) is 5.35. The highest BCUT2D eigenvalue weighted by Gasteiger charge is 2.27. The van der Waals surface area contributed by atoms with E-state index in [-0.39, 0.29) is 23.1 Å². The summed E-state index contributed by atoms with van der Waals surface area (Å²) in [5.41, 5.74) is 0.973. The van der Waals surface area contributed by atoms with Gasteiger partial charge in [-0.1, -0.05) is 76.1 Å². The number of hydrogen-bond acceptors (Lipinski definition) is 7. The molecule has 1 heterocycles. The van der Waals surface area contributed by atoms with Gasteiger partial charge >= 0.3 is 11.9 Å². The molecule has 1 aromatic carbocycles. The molecule has 0 radical (unpaired) electrons. The highest BCUT2D eigenvalue weighted by atomic mass is 32.2. The van der Waals surface area contributed by atoms with Gasteiger partial charge in [-0.3, -0.25) is 9.59 Å². The lowest BCUT2D eigenvalue weighted by Crippen LogP contribution is -2.31. The molecule has 0 aliphatic heterocycles. The van der Waals surface area contributed by atoms with Crippen molar-refractivity contribution in [3.05, 3.63) is 41.5 Å². The summed E-state index contributed by atoms with van der Waals surface area (Å²) in [5, 5.41) is 12.9. The number of nitrogens with one attached hydrogen (secondary N) is 1. The number of benzene rings is 1. The lowest BCUT2D eigenvalue weighted by atomic mass is 9.84. The van der Waals surface area contributed by atoms with Crippen LogP contribution in [0.25, 0.3) is 0 Å². The number of sulfonamides is 1. The molecule has 186 valence electrons. The largest absolute Gasteiger partial charge is 0.481 e. The van der Waals surface area contributed by atoms with Gasteiger partial charge in [0.15, 0.2) is 0 Å². The number of carbonyl (C=O) groups excluding carboxylic acids is 1. The van der Waals surface area contributed by atoms with E-state index in [9.17, 15) is 23.1 Å². The molecule has 3 rings (SSSR count). The second-order valence-electron chi connectivity index (χ2n) is 9.34. The standard InChI is InChI=1S/C24H33N3O6S/c1-16(2)18-11-13-20(14-12-18)34(31,32)27-23(30)22-25-24(33-26-22)19(15-21(28)29)10-6-9-17-7-4-3-5-8-17/h11-14,16-17,19H,3-10,15H2,1-2H3,(H,27,30)(H,28,29)/t19-/m1/s1. The number of aliphatic carboxylic acids is 1. The zero-order valence-electron chi connectivity index (χ0n) is 19.7. The number of nitrogens with zero attached hydrogens (tertiary/aromatic N) is 2. The molecule has 1 aliphatic rings. The Hall–Kier alpha value is -2.75. The minimum atomic E-state index is -4.12. The number of carbonyl (C=O) groups is 2. The Balaban J connectivity index is 1.64. The van der Waals surface area contributed by atoms with Crippen molar-refractivity contribution in [3.63, 3.8) is 0 Å². The second-order valence-corrected chi connectivity index (χ2v) is 11.0. The Morgan fingerprint density at radius 2 is 1.82 bits per heavy atom. The van der Waals surface area contributed by atoms with Gasteiger partial charge in [0, 0.05) is 5.92 Å². The minimum absolute atomic E-state index is 0.0369. The topological polar surface area (TPSA) is 139 Å². The first-order valence-electron chi connectivity index (χ1n) is 11.9. The van der Waals surface area contributed by atoms with Crippen LogP contribution in [0.2, 0.25) is 0 Å². The van der Waals surface area contributed by atoms with E-state index < -0.39 is 33.6 Å². The van der Waals surface area contributed by atoms with Crippen LogP contribution in [0.5, 0.6) is 0 Å². The monoisotopic (exact) mass is 491 g/mol. The van der Waals surface area contributed by atoms with Crippen LogP contribution in [-0.4, -0.2) is 35.5 Å². The Kier molecular flexibility index (Phi) is 8.82. The fourth-order valence-electron chi connectivity index (χ4n) is 4.40. The lowest BCUT2D eigenvalue weighted by molar-refractivity contribution is -0.137. The first-order chi connectivity index (χ1) is 16.2. The summed E-state index contributed by atoms with van der Waals surface area (Å²) >= 11 is 0. The number of hydrogen-bond donors (Lipinski definition) is 2. The quantitative estimate of drug-likeness (QED) is 0.464. The Morgan fingerprint density at radius 1 is 1.15 bits per heavy atom. The Labute approximate surface area is 200 Å². The Morgan fingerprint density at radius 3 is 2.44 bits per heavy atom. The second kappa shape index (κ2) is 11.6. The van der Waals surface area contributed by atoms with Gasteiger partial charge in [0.25, 0.3) is 15.8 Å². The van der Waals surface area contributed by atoms with E-state index in [2.05, 4.69) is 10.1 Å². The molecule has 1 fully saturated rings. The van der Waals surface area contributed by atoms with E-state index in [1.165, 1.54) is 44.2 Å². The summed E-state index contributed by atoms with van der Waals surface area (Å²) in [4.78, 5) is 27.8. The number of aromatic nitrogens is 2. The predicted octanol–water partition coefficient (Wildman–Crippen LogP) is 4.62. The molecule has 34 heavy (non-hydrogen) atoms. The van der Waals surface area contributed by atoms with Crippen LogP contribution in [0.1, 0.15) is 106 Å². The van der Waals surface area contributed by atoms with Crippen molar-refractivity contribution in [2.45, 2.75) is 88.4 Å². The third-order valence-corrected chi connectivity index (χ3v) is 7.74. The van der Waals surface area contributed by atoms with Gasteiger partial charge in [0.05, 0.1) is 11.3 Å². The normalized spacial score (nSPS) is 15.9. The maximum absolute atomic E-state index is 12.6. The smallest absolute Gasteiger partial charge is 0.306 e. The molecule has 1 atom stereocenters. The highest BCUT2D eigenvalue weighted by molar-refractivity contribution is 7.90. The van der Waals surface area contributed by atoms with Crippen molar-refractivity contribution < 1.29 is 27.6 Å². The molecule has 1 aromatic heterocycles. The Bertz CT molecular complexity index is 1070. The third-order valence-electron chi connectivity index (χ3n) is 6.39. The first kappa shape index (κ1) is 25.9. The lowest BCUT2D eigenvalue weighted by Gasteiger charge is -2.21. The zero-order chi connectivity index (χ0) is 24.7. The first-order valence-corrected chi connectivity index (χ1v) is 13.4. The predicted molar refractivity (Wildman–Crippen MR) is 125 cm³/mol. The average molecular weight is 492 g/mol. The summed E-state index contributed by atoms with van der Waals surface area (Å²) in [7, 11) is -4.12.